The van der Waals surface area contributed by atoms with Gasteiger partial charge in [0.25, 0.3) is 0 Å². The van der Waals surface area contributed by atoms with Crippen molar-refractivity contribution in [3.8, 4) is 0 Å². The van der Waals surface area contributed by atoms with Crippen molar-refractivity contribution in [2.45, 2.75) is 17.4 Å². The number of nitrogens with one attached hydrogen (secondary N) is 1. The van der Waals surface area contributed by atoms with Crippen molar-refractivity contribution in [3.05, 3.63) is 64.6 Å². The molecule has 0 aliphatic carbocycles. The normalized spacial score (nSPS) is 14.6. The summed E-state index contributed by atoms with van der Waals surface area (Å²) in [7, 11) is -3.69. The van der Waals surface area contributed by atoms with Crippen LogP contribution in [0.1, 0.15) is 12.5 Å². The zero-order valence-corrected chi connectivity index (χ0v) is 14.5. The fourth-order valence-electron chi connectivity index (χ4n) is 1.98. The first kappa shape index (κ1) is 16.5. The van der Waals surface area contributed by atoms with Gasteiger partial charge < -0.3 is 0 Å². The fourth-order valence-corrected chi connectivity index (χ4v) is 4.68. The summed E-state index contributed by atoms with van der Waals surface area (Å²) in [4.78, 5) is 0.192. The predicted molar refractivity (Wildman–Crippen MR) is 89.0 cm³/mol. The molecule has 0 spiro atoms. The third kappa shape index (κ3) is 3.66. The monoisotopic (exact) mass is 387 g/mol. The van der Waals surface area contributed by atoms with E-state index in [-0.39, 0.29) is 10.8 Å². The average Bonchev–Trinajstić information content (AvgIpc) is 2.48. The van der Waals surface area contributed by atoms with Crippen LogP contribution in [0.5, 0.6) is 0 Å². The topological polar surface area (TPSA) is 46.2 Å². The number of hydrogen-bond acceptors (Lipinski definition) is 2. The molecule has 1 unspecified atom stereocenters. The third-order valence-corrected chi connectivity index (χ3v) is 6.31. The van der Waals surface area contributed by atoms with E-state index in [9.17, 15) is 8.42 Å². The van der Waals surface area contributed by atoms with Gasteiger partial charge in [-0.1, -0.05) is 42.5 Å². The summed E-state index contributed by atoms with van der Waals surface area (Å²) in [6, 6.07) is 16.0. The van der Waals surface area contributed by atoms with Gasteiger partial charge in [0.05, 0.1) is 10.4 Å². The van der Waals surface area contributed by atoms with E-state index in [1.54, 1.807) is 31.2 Å². The van der Waals surface area contributed by atoms with Gasteiger partial charge >= 0.3 is 0 Å². The molecule has 0 fully saturated rings. The second-order valence-corrected chi connectivity index (χ2v) is 7.64. The van der Waals surface area contributed by atoms with Crippen LogP contribution in [0.3, 0.4) is 0 Å². The fraction of sp³-hybridized carbons (Fsp3) is 0.200. The number of halogens is 2. The Morgan fingerprint density at radius 3 is 2.24 bits per heavy atom. The van der Waals surface area contributed by atoms with Crippen molar-refractivity contribution in [1.29, 1.82) is 0 Å². The van der Waals surface area contributed by atoms with E-state index < -0.39 is 15.6 Å². The summed E-state index contributed by atoms with van der Waals surface area (Å²) in [6.07, 6.45) is 0. The summed E-state index contributed by atoms with van der Waals surface area (Å²) in [5.74, 6) is 0.126. The maximum Gasteiger partial charge on any atom is 0.242 e. The Kier molecular flexibility index (Phi) is 5.09. The molecule has 2 aromatic rings. The van der Waals surface area contributed by atoms with Crippen LogP contribution >= 0.6 is 27.5 Å². The zero-order chi connectivity index (χ0) is 15.5. The highest BCUT2D eigenvalue weighted by atomic mass is 79.9. The molecule has 0 aliphatic heterocycles. The molecule has 0 amide bonds. The second-order valence-electron chi connectivity index (χ2n) is 4.87. The Morgan fingerprint density at radius 1 is 1.10 bits per heavy atom. The maximum absolute atomic E-state index is 12.6. The predicted octanol–water partition coefficient (Wildman–Crippen LogP) is 3.88. The summed E-state index contributed by atoms with van der Waals surface area (Å²) in [5.41, 5.74) is -0.0626. The highest BCUT2D eigenvalue weighted by Crippen LogP contribution is 2.27. The second kappa shape index (κ2) is 6.48. The average molecular weight is 389 g/mol. The summed E-state index contributed by atoms with van der Waals surface area (Å²) in [6.45, 7) is 1.77. The largest absolute Gasteiger partial charge is 0.242 e. The molecule has 0 saturated heterocycles. The Labute approximate surface area is 138 Å². The van der Waals surface area contributed by atoms with Gasteiger partial charge in [-0.25, -0.2) is 8.42 Å². The van der Waals surface area contributed by atoms with Crippen LogP contribution in [0.25, 0.3) is 0 Å². The van der Waals surface area contributed by atoms with Crippen LogP contribution in [0.15, 0.2) is 64.0 Å². The first-order valence-corrected chi connectivity index (χ1v) is 9.10. The van der Waals surface area contributed by atoms with Gasteiger partial charge in [-0.2, -0.15) is 4.72 Å². The summed E-state index contributed by atoms with van der Waals surface area (Å²) >= 11 is 9.30. The molecule has 0 aromatic heterocycles. The molecule has 0 heterocycles. The van der Waals surface area contributed by atoms with E-state index in [0.29, 0.717) is 4.47 Å². The van der Waals surface area contributed by atoms with Crippen LogP contribution in [-0.2, 0) is 15.6 Å². The molecule has 2 rings (SSSR count). The Morgan fingerprint density at radius 2 is 1.67 bits per heavy atom. The quantitative estimate of drug-likeness (QED) is 0.790. The van der Waals surface area contributed by atoms with E-state index in [1.807, 2.05) is 30.3 Å². The number of sulfonamides is 1. The minimum atomic E-state index is -3.69. The first-order chi connectivity index (χ1) is 9.89. The summed E-state index contributed by atoms with van der Waals surface area (Å²) in [5, 5.41) is 0. The van der Waals surface area contributed by atoms with Crippen LogP contribution in [0.4, 0.5) is 0 Å². The minimum absolute atomic E-state index is 0.126. The van der Waals surface area contributed by atoms with Crippen LogP contribution in [0, 0.1) is 0 Å². The third-order valence-electron chi connectivity index (χ3n) is 3.16. The van der Waals surface area contributed by atoms with Gasteiger partial charge in [0.15, 0.2) is 0 Å². The van der Waals surface area contributed by atoms with Gasteiger partial charge in [0, 0.05) is 10.4 Å². The van der Waals surface area contributed by atoms with Crippen molar-refractivity contribution in [2.24, 2.45) is 0 Å². The number of hydrogen-bond donors (Lipinski definition) is 1. The lowest BCUT2D eigenvalue weighted by atomic mass is 9.96. The molecular weight excluding hydrogens is 374 g/mol. The molecule has 0 radical (unpaired) electrons. The van der Waals surface area contributed by atoms with Crippen molar-refractivity contribution in [1.82, 2.24) is 4.72 Å². The van der Waals surface area contributed by atoms with Crippen LogP contribution in [-0.4, -0.2) is 14.3 Å². The molecular formula is C15H15BrClNO2S. The molecule has 3 nitrogen and oxygen atoms in total. The summed E-state index contributed by atoms with van der Waals surface area (Å²) < 4.78 is 28.4. The maximum atomic E-state index is 12.6. The van der Waals surface area contributed by atoms with Crippen molar-refractivity contribution >= 4 is 37.6 Å². The minimum Gasteiger partial charge on any atom is -0.207 e. The molecule has 0 aliphatic rings. The van der Waals surface area contributed by atoms with Gasteiger partial charge in [-0.05, 0) is 40.5 Å². The number of benzene rings is 2. The zero-order valence-electron chi connectivity index (χ0n) is 11.4. The van der Waals surface area contributed by atoms with Crippen molar-refractivity contribution in [2.75, 3.05) is 5.88 Å². The van der Waals surface area contributed by atoms with Crippen molar-refractivity contribution < 1.29 is 8.42 Å². The molecule has 6 heteroatoms. The Balaban J connectivity index is 2.41. The van der Waals surface area contributed by atoms with E-state index in [1.165, 1.54) is 0 Å². The van der Waals surface area contributed by atoms with E-state index in [2.05, 4.69) is 20.7 Å². The van der Waals surface area contributed by atoms with E-state index in [4.69, 9.17) is 11.6 Å². The SMILES string of the molecule is CC(CCl)(NS(=O)(=O)c1ccccc1Br)c1ccccc1. The Bertz CT molecular complexity index is 721. The van der Waals surface area contributed by atoms with Gasteiger partial charge in [0.2, 0.25) is 10.0 Å². The van der Waals surface area contributed by atoms with Crippen molar-refractivity contribution in [3.63, 3.8) is 0 Å². The van der Waals surface area contributed by atoms with E-state index >= 15 is 0 Å². The molecule has 0 bridgehead atoms. The van der Waals surface area contributed by atoms with Gasteiger partial charge in [-0.15, -0.1) is 11.6 Å². The lowest BCUT2D eigenvalue weighted by molar-refractivity contribution is 0.477. The van der Waals surface area contributed by atoms with Crippen LogP contribution in [0.2, 0.25) is 0 Å². The first-order valence-electron chi connectivity index (χ1n) is 6.29. The van der Waals surface area contributed by atoms with Gasteiger partial charge in [-0.3, -0.25) is 0 Å². The molecule has 0 saturated carbocycles. The molecule has 1 atom stereocenters. The standard InChI is InChI=1S/C15H15BrClNO2S/c1-15(11-17,12-7-3-2-4-8-12)18-21(19,20)14-10-6-5-9-13(14)16/h2-10,18H,11H2,1H3. The number of rotatable bonds is 5. The van der Waals surface area contributed by atoms with Crippen LogP contribution < -0.4 is 4.72 Å². The van der Waals surface area contributed by atoms with E-state index in [0.717, 1.165) is 5.56 Å². The molecule has 112 valence electrons. The molecule has 1 N–H and O–H groups in total. The smallest absolute Gasteiger partial charge is 0.207 e. The highest BCUT2D eigenvalue weighted by Gasteiger charge is 2.32. The highest BCUT2D eigenvalue weighted by molar-refractivity contribution is 9.10. The number of alkyl halides is 1. The lowest BCUT2D eigenvalue weighted by Crippen LogP contribution is -2.45. The molecule has 21 heavy (non-hydrogen) atoms. The molecule has 2 aromatic carbocycles. The lowest BCUT2D eigenvalue weighted by Gasteiger charge is -2.29. The Hall–Kier alpha value is -0.880. The van der Waals surface area contributed by atoms with Gasteiger partial charge in [0.1, 0.15) is 0 Å².